The number of halogens is 1. The molecule has 4 nitrogen and oxygen atoms in total. The van der Waals surface area contributed by atoms with Crippen LogP contribution in [0.5, 0.6) is 0 Å². The standard InChI is InChI=1S/C14H16BrN3OS/c15-9-1-2-10-11(5-9)20-13(12(10)17)14(19)18-4-3-8(6-16)7-18/h1-2,5,8H,3-4,6-7,16-17H2. The van der Waals surface area contributed by atoms with Gasteiger partial charge in [-0.25, -0.2) is 0 Å². The number of hydrogen-bond acceptors (Lipinski definition) is 4. The van der Waals surface area contributed by atoms with Gasteiger partial charge in [0.2, 0.25) is 0 Å². The lowest BCUT2D eigenvalue weighted by molar-refractivity contribution is 0.0793. The number of carbonyl (C=O) groups excluding carboxylic acids is 1. The van der Waals surface area contributed by atoms with E-state index in [1.54, 1.807) is 0 Å². The number of rotatable bonds is 2. The smallest absolute Gasteiger partial charge is 0.266 e. The summed E-state index contributed by atoms with van der Waals surface area (Å²) in [6.07, 6.45) is 0.985. The average molecular weight is 354 g/mol. The third-order valence-corrected chi connectivity index (χ3v) is 5.44. The summed E-state index contributed by atoms with van der Waals surface area (Å²) >= 11 is 4.91. The molecule has 1 aliphatic heterocycles. The van der Waals surface area contributed by atoms with Crippen molar-refractivity contribution in [2.24, 2.45) is 11.7 Å². The van der Waals surface area contributed by atoms with Crippen LogP contribution >= 0.6 is 27.3 Å². The van der Waals surface area contributed by atoms with Crippen molar-refractivity contribution in [3.05, 3.63) is 27.5 Å². The van der Waals surface area contributed by atoms with Gasteiger partial charge in [0.1, 0.15) is 4.88 Å². The van der Waals surface area contributed by atoms with Crippen LogP contribution in [0.2, 0.25) is 0 Å². The Bertz CT molecular complexity index is 670. The van der Waals surface area contributed by atoms with Gasteiger partial charge in [0, 0.05) is 27.6 Å². The monoisotopic (exact) mass is 353 g/mol. The highest BCUT2D eigenvalue weighted by Crippen LogP contribution is 2.36. The molecule has 6 heteroatoms. The first-order valence-corrected chi connectivity index (χ1v) is 8.18. The van der Waals surface area contributed by atoms with E-state index >= 15 is 0 Å². The quantitative estimate of drug-likeness (QED) is 0.871. The number of likely N-dealkylation sites (tertiary alicyclic amines) is 1. The minimum atomic E-state index is 0.0378. The molecule has 2 aromatic rings. The Morgan fingerprint density at radius 1 is 1.50 bits per heavy atom. The fourth-order valence-corrected chi connectivity index (χ4v) is 4.25. The van der Waals surface area contributed by atoms with E-state index in [9.17, 15) is 4.79 Å². The van der Waals surface area contributed by atoms with E-state index in [1.807, 2.05) is 23.1 Å². The second-order valence-electron chi connectivity index (χ2n) is 5.13. The third-order valence-electron chi connectivity index (χ3n) is 3.79. The van der Waals surface area contributed by atoms with E-state index < -0.39 is 0 Å². The summed E-state index contributed by atoms with van der Waals surface area (Å²) < 4.78 is 2.03. The van der Waals surface area contributed by atoms with Gasteiger partial charge in [-0.3, -0.25) is 4.79 Å². The molecule has 106 valence electrons. The Labute approximate surface area is 129 Å². The maximum atomic E-state index is 12.6. The number of fused-ring (bicyclic) bond motifs is 1. The van der Waals surface area contributed by atoms with Crippen LogP contribution in [0, 0.1) is 5.92 Å². The molecule has 1 fully saturated rings. The minimum Gasteiger partial charge on any atom is -0.397 e. The number of nitrogen functional groups attached to an aromatic ring is 1. The molecule has 1 atom stereocenters. The molecule has 1 aromatic heterocycles. The lowest BCUT2D eigenvalue weighted by Gasteiger charge is -2.15. The lowest BCUT2D eigenvalue weighted by Crippen LogP contribution is -2.29. The van der Waals surface area contributed by atoms with Gasteiger partial charge >= 0.3 is 0 Å². The van der Waals surface area contributed by atoms with Crippen molar-refractivity contribution in [3.8, 4) is 0 Å². The van der Waals surface area contributed by atoms with Crippen LogP contribution in [0.4, 0.5) is 5.69 Å². The average Bonchev–Trinajstić information content (AvgIpc) is 3.03. The number of hydrogen-bond donors (Lipinski definition) is 2. The van der Waals surface area contributed by atoms with Crippen molar-refractivity contribution in [1.82, 2.24) is 4.90 Å². The van der Waals surface area contributed by atoms with E-state index in [2.05, 4.69) is 15.9 Å². The Kier molecular flexibility index (Phi) is 3.70. The Balaban J connectivity index is 1.94. The predicted molar refractivity (Wildman–Crippen MR) is 87.0 cm³/mol. The second kappa shape index (κ2) is 5.35. The zero-order valence-electron chi connectivity index (χ0n) is 10.9. The number of carbonyl (C=O) groups is 1. The van der Waals surface area contributed by atoms with Crippen molar-refractivity contribution in [1.29, 1.82) is 0 Å². The largest absolute Gasteiger partial charge is 0.397 e. The molecule has 1 aromatic carbocycles. The number of anilines is 1. The summed E-state index contributed by atoms with van der Waals surface area (Å²) in [5.74, 6) is 0.458. The maximum Gasteiger partial charge on any atom is 0.266 e. The van der Waals surface area contributed by atoms with Crippen LogP contribution in [0.15, 0.2) is 22.7 Å². The van der Waals surface area contributed by atoms with Gasteiger partial charge in [-0.1, -0.05) is 22.0 Å². The molecule has 0 radical (unpaired) electrons. The van der Waals surface area contributed by atoms with Crippen LogP contribution in [-0.4, -0.2) is 30.4 Å². The zero-order valence-corrected chi connectivity index (χ0v) is 13.3. The number of thiophene rings is 1. The molecule has 1 aliphatic rings. The molecule has 1 unspecified atom stereocenters. The van der Waals surface area contributed by atoms with Crippen LogP contribution < -0.4 is 11.5 Å². The molecule has 20 heavy (non-hydrogen) atoms. The highest BCUT2D eigenvalue weighted by atomic mass is 79.9. The molecule has 4 N–H and O–H groups in total. The van der Waals surface area contributed by atoms with Crippen LogP contribution in [0.1, 0.15) is 16.1 Å². The summed E-state index contributed by atoms with van der Waals surface area (Å²) in [5, 5.41) is 0.955. The third kappa shape index (κ3) is 2.32. The molecule has 0 bridgehead atoms. The summed E-state index contributed by atoms with van der Waals surface area (Å²) in [7, 11) is 0. The Morgan fingerprint density at radius 2 is 2.30 bits per heavy atom. The molecule has 1 saturated heterocycles. The summed E-state index contributed by atoms with van der Waals surface area (Å²) in [6, 6.07) is 5.90. The molecule has 3 rings (SSSR count). The lowest BCUT2D eigenvalue weighted by atomic mass is 10.1. The molecule has 0 saturated carbocycles. The highest BCUT2D eigenvalue weighted by Gasteiger charge is 2.28. The minimum absolute atomic E-state index is 0.0378. The van der Waals surface area contributed by atoms with Crippen LogP contribution in [0.3, 0.4) is 0 Å². The van der Waals surface area contributed by atoms with E-state index in [0.717, 1.165) is 34.1 Å². The number of nitrogens with two attached hydrogens (primary N) is 2. The molecule has 1 amide bonds. The van der Waals surface area contributed by atoms with Gasteiger partial charge in [0.15, 0.2) is 0 Å². The first-order chi connectivity index (χ1) is 9.60. The highest BCUT2D eigenvalue weighted by molar-refractivity contribution is 9.10. The first kappa shape index (κ1) is 13.9. The predicted octanol–water partition coefficient (Wildman–Crippen LogP) is 2.67. The second-order valence-corrected chi connectivity index (χ2v) is 7.09. The van der Waals surface area contributed by atoms with Crippen molar-refractivity contribution >= 4 is 48.9 Å². The van der Waals surface area contributed by atoms with E-state index in [-0.39, 0.29) is 5.91 Å². The van der Waals surface area contributed by atoms with Gasteiger partial charge in [-0.15, -0.1) is 11.3 Å². The topological polar surface area (TPSA) is 72.3 Å². The SMILES string of the molecule is NCC1CCN(C(=O)c2sc3cc(Br)ccc3c2N)C1. The fourth-order valence-electron chi connectivity index (χ4n) is 2.60. The van der Waals surface area contributed by atoms with Crippen LogP contribution in [-0.2, 0) is 0 Å². The van der Waals surface area contributed by atoms with Gasteiger partial charge < -0.3 is 16.4 Å². The molecule has 0 spiro atoms. The van der Waals surface area contributed by atoms with Crippen molar-refractivity contribution in [2.75, 3.05) is 25.4 Å². The van der Waals surface area contributed by atoms with Crippen molar-refractivity contribution in [3.63, 3.8) is 0 Å². The number of benzene rings is 1. The van der Waals surface area contributed by atoms with E-state index in [4.69, 9.17) is 11.5 Å². The Morgan fingerprint density at radius 3 is 3.00 bits per heavy atom. The van der Waals surface area contributed by atoms with Gasteiger partial charge in [-0.2, -0.15) is 0 Å². The fraction of sp³-hybridized carbons (Fsp3) is 0.357. The molecule has 0 aliphatic carbocycles. The van der Waals surface area contributed by atoms with Gasteiger partial charge in [-0.05, 0) is 31.0 Å². The van der Waals surface area contributed by atoms with E-state index in [1.165, 1.54) is 11.3 Å². The molecular weight excluding hydrogens is 338 g/mol. The number of nitrogens with zero attached hydrogens (tertiary/aromatic N) is 1. The molecular formula is C14H16BrN3OS. The van der Waals surface area contributed by atoms with Crippen LogP contribution in [0.25, 0.3) is 10.1 Å². The zero-order chi connectivity index (χ0) is 14.3. The summed E-state index contributed by atoms with van der Waals surface area (Å²) in [5.41, 5.74) is 12.4. The Hall–Kier alpha value is -1.11. The molecule has 2 heterocycles. The number of amides is 1. The van der Waals surface area contributed by atoms with Gasteiger partial charge in [0.05, 0.1) is 5.69 Å². The van der Waals surface area contributed by atoms with Gasteiger partial charge in [0.25, 0.3) is 5.91 Å². The summed E-state index contributed by atoms with van der Waals surface area (Å²) in [4.78, 5) is 15.1. The van der Waals surface area contributed by atoms with E-state index in [0.29, 0.717) is 23.0 Å². The van der Waals surface area contributed by atoms with Crippen molar-refractivity contribution in [2.45, 2.75) is 6.42 Å². The van der Waals surface area contributed by atoms with Crippen molar-refractivity contribution < 1.29 is 4.79 Å². The maximum absolute atomic E-state index is 12.6. The summed E-state index contributed by atoms with van der Waals surface area (Å²) in [6.45, 7) is 2.16. The normalized spacial score (nSPS) is 18.9. The first-order valence-electron chi connectivity index (χ1n) is 6.57.